The van der Waals surface area contributed by atoms with Gasteiger partial charge >= 0.3 is 5.97 Å². The van der Waals surface area contributed by atoms with Crippen molar-refractivity contribution < 1.29 is 14.6 Å². The van der Waals surface area contributed by atoms with Gasteiger partial charge in [-0.2, -0.15) is 0 Å². The molecule has 2 heterocycles. The fraction of sp³-hybridized carbons (Fsp3) is 0.333. The number of hydrogen-bond donors (Lipinski definition) is 2. The van der Waals surface area contributed by atoms with E-state index < -0.39 is 5.97 Å². The first kappa shape index (κ1) is 13.6. The SMILES string of the molecule is COc1ccc(C2CN(CC(=O)O)Cc3[nH]cnc32)cc1. The molecule has 1 unspecified atom stereocenters. The van der Waals surface area contributed by atoms with Crippen molar-refractivity contribution in [3.8, 4) is 5.75 Å². The minimum absolute atomic E-state index is 0.0329. The summed E-state index contributed by atoms with van der Waals surface area (Å²) in [5, 5.41) is 9.01. The van der Waals surface area contributed by atoms with Crippen molar-refractivity contribution in [2.24, 2.45) is 0 Å². The van der Waals surface area contributed by atoms with Crippen molar-refractivity contribution in [1.29, 1.82) is 0 Å². The second-order valence-corrected chi connectivity index (χ2v) is 5.16. The molecule has 6 heteroatoms. The van der Waals surface area contributed by atoms with Gasteiger partial charge in [0.05, 0.1) is 31.4 Å². The predicted molar refractivity (Wildman–Crippen MR) is 76.3 cm³/mol. The Labute approximate surface area is 122 Å². The van der Waals surface area contributed by atoms with E-state index in [1.54, 1.807) is 13.4 Å². The Morgan fingerprint density at radius 1 is 1.48 bits per heavy atom. The highest BCUT2D eigenvalue weighted by molar-refractivity contribution is 5.69. The van der Waals surface area contributed by atoms with E-state index >= 15 is 0 Å². The number of fused-ring (bicyclic) bond motifs is 1. The molecule has 0 aliphatic carbocycles. The number of carbonyl (C=O) groups is 1. The highest BCUT2D eigenvalue weighted by atomic mass is 16.5. The van der Waals surface area contributed by atoms with Crippen LogP contribution in [-0.4, -0.2) is 46.1 Å². The number of aromatic nitrogens is 2. The quantitative estimate of drug-likeness (QED) is 0.890. The molecule has 0 bridgehead atoms. The van der Waals surface area contributed by atoms with Gasteiger partial charge in [-0.15, -0.1) is 0 Å². The van der Waals surface area contributed by atoms with E-state index in [4.69, 9.17) is 9.84 Å². The number of carboxylic acids is 1. The molecule has 1 atom stereocenters. The number of imidazole rings is 1. The largest absolute Gasteiger partial charge is 0.497 e. The first-order valence-corrected chi connectivity index (χ1v) is 6.77. The van der Waals surface area contributed by atoms with Crippen LogP contribution in [0, 0.1) is 0 Å². The van der Waals surface area contributed by atoms with Gasteiger partial charge in [-0.05, 0) is 17.7 Å². The van der Waals surface area contributed by atoms with E-state index in [-0.39, 0.29) is 12.5 Å². The van der Waals surface area contributed by atoms with Crippen molar-refractivity contribution in [3.05, 3.63) is 47.5 Å². The van der Waals surface area contributed by atoms with E-state index in [2.05, 4.69) is 9.97 Å². The molecule has 2 N–H and O–H groups in total. The van der Waals surface area contributed by atoms with Crippen molar-refractivity contribution >= 4 is 5.97 Å². The Kier molecular flexibility index (Phi) is 3.62. The number of nitrogens with one attached hydrogen (secondary N) is 1. The van der Waals surface area contributed by atoms with Gasteiger partial charge in [0.1, 0.15) is 5.75 Å². The maximum Gasteiger partial charge on any atom is 0.317 e. The lowest BCUT2D eigenvalue weighted by molar-refractivity contribution is -0.138. The monoisotopic (exact) mass is 287 g/mol. The van der Waals surface area contributed by atoms with Crippen LogP contribution >= 0.6 is 0 Å². The molecule has 3 rings (SSSR count). The summed E-state index contributed by atoms with van der Waals surface area (Å²) in [6.07, 6.45) is 1.67. The Bertz CT molecular complexity index is 636. The van der Waals surface area contributed by atoms with Crippen molar-refractivity contribution in [3.63, 3.8) is 0 Å². The molecule has 21 heavy (non-hydrogen) atoms. The highest BCUT2D eigenvalue weighted by Gasteiger charge is 2.29. The number of rotatable bonds is 4. The predicted octanol–water partition coefficient (Wildman–Crippen LogP) is 1.45. The normalized spacial score (nSPS) is 18.2. The van der Waals surface area contributed by atoms with Gasteiger partial charge in [-0.25, -0.2) is 4.98 Å². The van der Waals surface area contributed by atoms with Crippen LogP contribution in [0.5, 0.6) is 5.75 Å². The Balaban J connectivity index is 1.90. The molecule has 0 saturated heterocycles. The number of H-pyrrole nitrogens is 1. The van der Waals surface area contributed by atoms with Gasteiger partial charge in [-0.3, -0.25) is 9.69 Å². The number of benzene rings is 1. The average Bonchev–Trinajstić information content (AvgIpc) is 2.94. The third-order valence-corrected chi connectivity index (χ3v) is 3.78. The number of ether oxygens (including phenoxy) is 1. The van der Waals surface area contributed by atoms with Crippen LogP contribution in [0.1, 0.15) is 22.9 Å². The third-order valence-electron chi connectivity index (χ3n) is 3.78. The second-order valence-electron chi connectivity index (χ2n) is 5.16. The van der Waals surface area contributed by atoms with Crippen molar-refractivity contribution in [1.82, 2.24) is 14.9 Å². The summed E-state index contributed by atoms with van der Waals surface area (Å²) >= 11 is 0. The topological polar surface area (TPSA) is 78.5 Å². The Morgan fingerprint density at radius 3 is 2.90 bits per heavy atom. The first-order chi connectivity index (χ1) is 10.2. The van der Waals surface area contributed by atoms with Crippen molar-refractivity contribution in [2.75, 3.05) is 20.2 Å². The van der Waals surface area contributed by atoms with Crippen LogP contribution in [0.4, 0.5) is 0 Å². The second kappa shape index (κ2) is 5.57. The number of aromatic amines is 1. The zero-order chi connectivity index (χ0) is 14.8. The van der Waals surface area contributed by atoms with E-state index in [9.17, 15) is 4.79 Å². The summed E-state index contributed by atoms with van der Waals surface area (Å²) in [5.41, 5.74) is 3.10. The van der Waals surface area contributed by atoms with Crippen LogP contribution in [0.2, 0.25) is 0 Å². The zero-order valence-corrected chi connectivity index (χ0v) is 11.7. The van der Waals surface area contributed by atoms with E-state index in [0.29, 0.717) is 13.1 Å². The average molecular weight is 287 g/mol. The minimum atomic E-state index is -0.813. The molecule has 6 nitrogen and oxygen atoms in total. The summed E-state index contributed by atoms with van der Waals surface area (Å²) in [6.45, 7) is 1.27. The molecule has 0 spiro atoms. The summed E-state index contributed by atoms with van der Waals surface area (Å²) in [4.78, 5) is 20.4. The Morgan fingerprint density at radius 2 is 2.24 bits per heavy atom. The smallest absolute Gasteiger partial charge is 0.317 e. The maximum absolute atomic E-state index is 11.0. The number of aliphatic carboxylic acids is 1. The molecule has 110 valence electrons. The Hall–Kier alpha value is -2.34. The fourth-order valence-electron chi connectivity index (χ4n) is 2.80. The first-order valence-electron chi connectivity index (χ1n) is 6.77. The van der Waals surface area contributed by atoms with Crippen LogP contribution < -0.4 is 4.74 Å². The number of methoxy groups -OCH3 is 1. The van der Waals surface area contributed by atoms with E-state index in [1.807, 2.05) is 29.2 Å². The van der Waals surface area contributed by atoms with Gasteiger partial charge in [0.15, 0.2) is 0 Å². The summed E-state index contributed by atoms with van der Waals surface area (Å²) < 4.78 is 5.17. The molecule has 0 amide bonds. The summed E-state index contributed by atoms with van der Waals surface area (Å²) in [5.74, 6) is 0.0657. The van der Waals surface area contributed by atoms with E-state index in [1.165, 1.54) is 0 Å². The molecule has 0 fully saturated rings. The minimum Gasteiger partial charge on any atom is -0.497 e. The van der Waals surface area contributed by atoms with Crippen LogP contribution in [0.25, 0.3) is 0 Å². The number of hydrogen-bond acceptors (Lipinski definition) is 4. The molecule has 1 aliphatic heterocycles. The van der Waals surface area contributed by atoms with Crippen LogP contribution in [0.3, 0.4) is 0 Å². The number of carboxylic acid groups (broad SMARTS) is 1. The highest BCUT2D eigenvalue weighted by Crippen LogP contribution is 2.32. The maximum atomic E-state index is 11.0. The van der Waals surface area contributed by atoms with E-state index in [0.717, 1.165) is 22.7 Å². The molecule has 1 aromatic carbocycles. The van der Waals surface area contributed by atoms with Crippen LogP contribution in [-0.2, 0) is 11.3 Å². The summed E-state index contributed by atoms with van der Waals surface area (Å²) in [6, 6.07) is 7.84. The molecule has 1 aliphatic rings. The summed E-state index contributed by atoms with van der Waals surface area (Å²) in [7, 11) is 1.63. The molecule has 1 aromatic heterocycles. The van der Waals surface area contributed by atoms with Gasteiger partial charge < -0.3 is 14.8 Å². The van der Waals surface area contributed by atoms with Crippen molar-refractivity contribution in [2.45, 2.75) is 12.5 Å². The molecular weight excluding hydrogens is 270 g/mol. The lowest BCUT2D eigenvalue weighted by atomic mass is 9.91. The molecule has 0 radical (unpaired) electrons. The van der Waals surface area contributed by atoms with Crippen LogP contribution in [0.15, 0.2) is 30.6 Å². The molecular formula is C15H17N3O3. The van der Waals surface area contributed by atoms with Gasteiger partial charge in [-0.1, -0.05) is 12.1 Å². The molecule has 2 aromatic rings. The van der Waals surface area contributed by atoms with Gasteiger partial charge in [0.25, 0.3) is 0 Å². The lowest BCUT2D eigenvalue weighted by Gasteiger charge is -2.31. The third kappa shape index (κ3) is 2.75. The van der Waals surface area contributed by atoms with Gasteiger partial charge in [0.2, 0.25) is 0 Å². The number of nitrogens with zero attached hydrogens (tertiary/aromatic N) is 2. The lowest BCUT2D eigenvalue weighted by Crippen LogP contribution is -2.37. The fourth-order valence-corrected chi connectivity index (χ4v) is 2.80. The standard InChI is InChI=1S/C15H17N3O3/c1-21-11-4-2-10(3-5-11)12-6-18(8-14(19)20)7-13-15(12)17-9-16-13/h2-5,9,12H,6-8H2,1H3,(H,16,17)(H,19,20). The molecule has 0 saturated carbocycles. The van der Waals surface area contributed by atoms with Gasteiger partial charge in [0, 0.05) is 19.0 Å². The zero-order valence-electron chi connectivity index (χ0n) is 11.7.